The first kappa shape index (κ1) is 15.7. The molecule has 0 aromatic heterocycles. The number of nitriles is 1. The van der Waals surface area contributed by atoms with Crippen molar-refractivity contribution in [3.05, 3.63) is 65.2 Å². The van der Waals surface area contributed by atoms with Crippen LogP contribution in [0.25, 0.3) is 0 Å². The zero-order valence-electron chi connectivity index (χ0n) is 11.9. The maximum absolute atomic E-state index is 12.9. The van der Waals surface area contributed by atoms with Gasteiger partial charge in [-0.15, -0.1) is 0 Å². The van der Waals surface area contributed by atoms with E-state index in [2.05, 4.69) is 0 Å². The highest BCUT2D eigenvalue weighted by atomic mass is 35.5. The van der Waals surface area contributed by atoms with Crippen LogP contribution in [0.5, 0.6) is 0 Å². The molecule has 0 N–H and O–H groups in total. The van der Waals surface area contributed by atoms with Crippen LogP contribution in [-0.4, -0.2) is 20.0 Å². The minimum Gasteiger partial charge on any atom is -0.302 e. The van der Waals surface area contributed by atoms with E-state index in [0.29, 0.717) is 16.9 Å². The number of halogens is 1. The van der Waals surface area contributed by atoms with Crippen LogP contribution in [0, 0.1) is 16.7 Å². The van der Waals surface area contributed by atoms with E-state index >= 15 is 0 Å². The van der Waals surface area contributed by atoms with Crippen LogP contribution in [0.3, 0.4) is 0 Å². The zero-order chi connectivity index (χ0) is 16.7. The van der Waals surface area contributed by atoms with E-state index in [4.69, 9.17) is 11.6 Å². The summed E-state index contributed by atoms with van der Waals surface area (Å²) in [5.41, 5.74) is -0.991. The molecule has 0 aliphatic heterocycles. The summed E-state index contributed by atoms with van der Waals surface area (Å²) in [6.45, 7) is 0. The van der Waals surface area contributed by atoms with Gasteiger partial charge >= 0.3 is 0 Å². The van der Waals surface area contributed by atoms with Crippen molar-refractivity contribution in [3.8, 4) is 6.07 Å². The molecule has 0 spiro atoms. The molecule has 0 saturated heterocycles. The highest BCUT2D eigenvalue weighted by Gasteiger charge is 2.72. The van der Waals surface area contributed by atoms with E-state index in [0.717, 1.165) is 0 Å². The van der Waals surface area contributed by atoms with Crippen molar-refractivity contribution in [2.24, 2.45) is 5.41 Å². The second-order valence-corrected chi connectivity index (χ2v) is 7.98. The van der Waals surface area contributed by atoms with Gasteiger partial charge in [0, 0.05) is 10.9 Å². The molecule has 23 heavy (non-hydrogen) atoms. The average Bonchev–Trinajstić information content (AvgIpc) is 3.26. The molecule has 0 radical (unpaired) electrons. The van der Waals surface area contributed by atoms with E-state index in [1.807, 2.05) is 6.07 Å². The van der Waals surface area contributed by atoms with Crippen LogP contribution in [-0.2, 0) is 14.6 Å². The third kappa shape index (κ3) is 2.35. The first-order valence-corrected chi connectivity index (χ1v) is 8.82. The third-order valence-corrected chi connectivity index (χ3v) is 6.68. The Morgan fingerprint density at radius 3 is 2.39 bits per heavy atom. The molecule has 1 aliphatic carbocycles. The third-order valence-electron chi connectivity index (χ3n) is 4.18. The lowest BCUT2D eigenvalue weighted by Crippen LogP contribution is -2.16. The molecule has 2 aromatic rings. The number of hydrogen-bond donors (Lipinski definition) is 0. The summed E-state index contributed by atoms with van der Waals surface area (Å²) in [4.78, 5) is 11.7. The molecule has 3 unspecified atom stereocenters. The average molecular weight is 346 g/mol. The van der Waals surface area contributed by atoms with Gasteiger partial charge < -0.3 is 4.79 Å². The fourth-order valence-corrected chi connectivity index (χ4v) is 5.48. The quantitative estimate of drug-likeness (QED) is 0.798. The maximum atomic E-state index is 12.9. The predicted octanol–water partition coefficient (Wildman–Crippen LogP) is 2.99. The first-order chi connectivity index (χ1) is 11.0. The monoisotopic (exact) mass is 345 g/mol. The largest absolute Gasteiger partial charge is 0.302 e. The Bertz CT molecular complexity index is 905. The number of sulfone groups is 1. The Morgan fingerprint density at radius 2 is 1.83 bits per heavy atom. The van der Waals surface area contributed by atoms with Crippen molar-refractivity contribution in [1.29, 1.82) is 5.26 Å². The Morgan fingerprint density at radius 1 is 1.13 bits per heavy atom. The molecule has 1 aliphatic rings. The molecule has 6 heteroatoms. The van der Waals surface area contributed by atoms with Crippen LogP contribution >= 0.6 is 11.6 Å². The van der Waals surface area contributed by atoms with Crippen LogP contribution in [0.15, 0.2) is 59.5 Å². The van der Waals surface area contributed by atoms with Gasteiger partial charge in [0.2, 0.25) is 0 Å². The van der Waals surface area contributed by atoms with E-state index < -0.39 is 26.4 Å². The Labute approximate surface area is 139 Å². The highest BCUT2D eigenvalue weighted by molar-refractivity contribution is 7.92. The van der Waals surface area contributed by atoms with Crippen molar-refractivity contribution in [2.45, 2.75) is 16.1 Å². The highest BCUT2D eigenvalue weighted by Crippen LogP contribution is 2.62. The standard InChI is InChI=1S/C17H12ClNO3S/c18-13-6-4-5-12(9-13)15-16(17(15,10-19)11-20)23(21,22)14-7-2-1-3-8-14/h1-9,11,15-16H. The van der Waals surface area contributed by atoms with Gasteiger partial charge in [0.25, 0.3) is 0 Å². The molecule has 1 fully saturated rings. The molecule has 3 rings (SSSR count). The first-order valence-electron chi connectivity index (χ1n) is 6.89. The second kappa shape index (κ2) is 5.48. The molecule has 0 amide bonds. The summed E-state index contributed by atoms with van der Waals surface area (Å²) < 4.78 is 25.7. The summed E-state index contributed by atoms with van der Waals surface area (Å²) in [6, 6.07) is 16.4. The molecule has 4 nitrogen and oxygen atoms in total. The summed E-state index contributed by atoms with van der Waals surface area (Å²) in [5.74, 6) is -0.714. The number of aldehydes is 1. The smallest absolute Gasteiger partial charge is 0.183 e. The fraction of sp³-hybridized carbons (Fsp3) is 0.176. The molecular formula is C17H12ClNO3S. The second-order valence-electron chi connectivity index (χ2n) is 5.47. The molecule has 3 atom stereocenters. The van der Waals surface area contributed by atoms with Crippen LogP contribution in [0.4, 0.5) is 0 Å². The number of carbonyl (C=O) groups is 1. The number of nitrogens with zero attached hydrogens (tertiary/aromatic N) is 1. The predicted molar refractivity (Wildman–Crippen MR) is 85.7 cm³/mol. The van der Waals surface area contributed by atoms with Crippen molar-refractivity contribution < 1.29 is 13.2 Å². The van der Waals surface area contributed by atoms with Gasteiger partial charge in [-0.25, -0.2) is 8.42 Å². The SMILES string of the molecule is N#CC1(C=O)C(c2cccc(Cl)c2)C1S(=O)(=O)c1ccccc1. The topological polar surface area (TPSA) is 75.0 Å². The van der Waals surface area contributed by atoms with E-state index in [1.54, 1.807) is 42.5 Å². The molecule has 0 bridgehead atoms. The lowest BCUT2D eigenvalue weighted by Gasteiger charge is -2.04. The van der Waals surface area contributed by atoms with Crippen LogP contribution in [0.2, 0.25) is 5.02 Å². The van der Waals surface area contributed by atoms with Gasteiger partial charge in [-0.2, -0.15) is 5.26 Å². The Kier molecular flexibility index (Phi) is 3.75. The zero-order valence-corrected chi connectivity index (χ0v) is 13.5. The molecule has 116 valence electrons. The lowest BCUT2D eigenvalue weighted by atomic mass is 10.0. The van der Waals surface area contributed by atoms with Gasteiger partial charge in [0.1, 0.15) is 17.0 Å². The van der Waals surface area contributed by atoms with Crippen molar-refractivity contribution >= 4 is 27.7 Å². The van der Waals surface area contributed by atoms with Crippen LogP contribution < -0.4 is 0 Å². The van der Waals surface area contributed by atoms with Gasteiger partial charge in [-0.3, -0.25) is 0 Å². The molecular weight excluding hydrogens is 334 g/mol. The fourth-order valence-electron chi connectivity index (χ4n) is 3.02. The van der Waals surface area contributed by atoms with Gasteiger partial charge in [-0.05, 0) is 29.8 Å². The van der Waals surface area contributed by atoms with Crippen molar-refractivity contribution in [2.75, 3.05) is 0 Å². The number of rotatable bonds is 4. The van der Waals surface area contributed by atoms with Gasteiger partial charge in [0.15, 0.2) is 9.84 Å². The Hall–Kier alpha value is -2.16. The molecule has 0 heterocycles. The summed E-state index contributed by atoms with van der Waals surface area (Å²) >= 11 is 5.95. The normalized spacial score (nSPS) is 26.3. The van der Waals surface area contributed by atoms with E-state index in [-0.39, 0.29) is 4.90 Å². The minimum absolute atomic E-state index is 0.107. The number of benzene rings is 2. The summed E-state index contributed by atoms with van der Waals surface area (Å²) in [5, 5.41) is 8.79. The van der Waals surface area contributed by atoms with Gasteiger partial charge in [-0.1, -0.05) is 41.9 Å². The number of carbonyl (C=O) groups excluding carboxylic acids is 1. The van der Waals surface area contributed by atoms with E-state index in [1.165, 1.54) is 12.1 Å². The van der Waals surface area contributed by atoms with Crippen molar-refractivity contribution in [1.82, 2.24) is 0 Å². The summed E-state index contributed by atoms with van der Waals surface area (Å²) in [7, 11) is -3.80. The molecule has 2 aromatic carbocycles. The molecule has 1 saturated carbocycles. The van der Waals surface area contributed by atoms with Crippen molar-refractivity contribution in [3.63, 3.8) is 0 Å². The van der Waals surface area contributed by atoms with Crippen LogP contribution in [0.1, 0.15) is 11.5 Å². The number of hydrogen-bond acceptors (Lipinski definition) is 4. The maximum Gasteiger partial charge on any atom is 0.183 e. The summed E-state index contributed by atoms with van der Waals surface area (Å²) in [6.07, 6.45) is 0.448. The Balaban J connectivity index is 2.11. The minimum atomic E-state index is -3.80. The van der Waals surface area contributed by atoms with Gasteiger partial charge in [0.05, 0.1) is 11.0 Å². The lowest BCUT2D eigenvalue weighted by molar-refractivity contribution is -0.110. The van der Waals surface area contributed by atoms with E-state index in [9.17, 15) is 18.5 Å².